The Morgan fingerprint density at radius 2 is 1.97 bits per heavy atom. The van der Waals surface area contributed by atoms with Crippen LogP contribution < -0.4 is 10.2 Å². The lowest BCUT2D eigenvalue weighted by Crippen LogP contribution is -2.32. The van der Waals surface area contributed by atoms with E-state index < -0.39 is 0 Å². The highest BCUT2D eigenvalue weighted by Crippen LogP contribution is 2.30. The molecule has 0 bridgehead atoms. The molecule has 31 heavy (non-hydrogen) atoms. The molecular weight excluding hydrogens is 384 g/mol. The van der Waals surface area contributed by atoms with Gasteiger partial charge in [-0.15, -0.1) is 0 Å². The number of allylic oxidation sites excluding steroid dienone is 4. The van der Waals surface area contributed by atoms with Crippen LogP contribution in [-0.2, 0) is 11.2 Å². The Morgan fingerprint density at radius 1 is 1.10 bits per heavy atom. The lowest BCUT2D eigenvalue weighted by atomic mass is 9.96. The van der Waals surface area contributed by atoms with Crippen LogP contribution in [0.3, 0.4) is 0 Å². The normalized spacial score (nSPS) is 15.4. The summed E-state index contributed by atoms with van der Waals surface area (Å²) in [5.41, 5.74) is 6.60. The quantitative estimate of drug-likeness (QED) is 0.549. The zero-order chi connectivity index (χ0) is 21.5. The molecule has 1 aliphatic heterocycles. The summed E-state index contributed by atoms with van der Waals surface area (Å²) in [6.07, 6.45) is 11.9. The number of aryl methyl sites for hydroxylation is 1. The third-order valence-corrected chi connectivity index (χ3v) is 5.94. The minimum atomic E-state index is -0.0716. The largest absolute Gasteiger partial charge is 0.380 e. The smallest absolute Gasteiger partial charge is 0.255 e. The second-order valence-electron chi connectivity index (χ2n) is 8.24. The lowest BCUT2D eigenvalue weighted by Gasteiger charge is -2.31. The average molecular weight is 417 g/mol. The van der Waals surface area contributed by atoms with Gasteiger partial charge in [0, 0.05) is 36.6 Å². The number of amides is 1. The second-order valence-corrected chi connectivity index (χ2v) is 8.24. The highest BCUT2D eigenvalue weighted by molar-refractivity contribution is 6.04. The van der Waals surface area contributed by atoms with Crippen molar-refractivity contribution < 1.29 is 9.53 Å². The molecule has 2 aliphatic rings. The fourth-order valence-corrected chi connectivity index (χ4v) is 4.26. The van der Waals surface area contributed by atoms with Gasteiger partial charge in [-0.25, -0.2) is 0 Å². The number of carbonyl (C=O) groups is 1. The Morgan fingerprint density at radius 3 is 2.74 bits per heavy atom. The van der Waals surface area contributed by atoms with Gasteiger partial charge in [0.1, 0.15) is 0 Å². The minimum Gasteiger partial charge on any atom is -0.380 e. The summed E-state index contributed by atoms with van der Waals surface area (Å²) in [6.45, 7) is 5.60. The predicted molar refractivity (Wildman–Crippen MR) is 129 cm³/mol. The number of hydrogen-bond donors (Lipinski definition) is 1. The summed E-state index contributed by atoms with van der Waals surface area (Å²) >= 11 is 0. The average Bonchev–Trinajstić information content (AvgIpc) is 2.82. The molecule has 2 aromatic carbocycles. The van der Waals surface area contributed by atoms with Crippen molar-refractivity contribution >= 4 is 22.9 Å². The third-order valence-electron chi connectivity index (χ3n) is 5.94. The number of benzene rings is 2. The minimum absolute atomic E-state index is 0.0716. The molecule has 0 unspecified atom stereocenters. The Hall–Kier alpha value is -2.85. The van der Waals surface area contributed by atoms with E-state index in [2.05, 4.69) is 47.5 Å². The van der Waals surface area contributed by atoms with Crippen molar-refractivity contribution in [1.29, 1.82) is 0 Å². The summed E-state index contributed by atoms with van der Waals surface area (Å²) in [5.74, 6) is -0.0716. The molecule has 4 heteroatoms. The standard InChI is InChI=1S/C27H32N2O2/c1-2-18-31-19-17-29-16-6-9-23-14-15-25(20-26(23)29)28-27(30)24-12-10-22(11-13-24)21-7-4-3-5-8-21/h3-4,7,10-15,20H,2,5-6,8-9,16-19H2,1H3,(H,28,30). The molecule has 0 spiro atoms. The topological polar surface area (TPSA) is 41.6 Å². The van der Waals surface area contributed by atoms with Crippen molar-refractivity contribution in [1.82, 2.24) is 0 Å². The van der Waals surface area contributed by atoms with Crippen molar-refractivity contribution in [2.45, 2.75) is 39.0 Å². The maximum atomic E-state index is 12.8. The van der Waals surface area contributed by atoms with E-state index in [1.807, 2.05) is 30.3 Å². The van der Waals surface area contributed by atoms with Gasteiger partial charge in [0.25, 0.3) is 5.91 Å². The van der Waals surface area contributed by atoms with Gasteiger partial charge in [-0.2, -0.15) is 0 Å². The summed E-state index contributed by atoms with van der Waals surface area (Å²) in [5, 5.41) is 3.08. The molecule has 0 saturated carbocycles. The molecular formula is C27H32N2O2. The number of hydrogen-bond acceptors (Lipinski definition) is 3. The van der Waals surface area contributed by atoms with Gasteiger partial charge in [0.05, 0.1) is 6.61 Å². The van der Waals surface area contributed by atoms with Crippen molar-refractivity contribution in [3.8, 4) is 0 Å². The number of ether oxygens (including phenoxy) is 1. The molecule has 4 rings (SSSR count). The van der Waals surface area contributed by atoms with Gasteiger partial charge in [-0.3, -0.25) is 4.79 Å². The summed E-state index contributed by atoms with van der Waals surface area (Å²) < 4.78 is 5.69. The first-order chi connectivity index (χ1) is 15.2. The van der Waals surface area contributed by atoms with Gasteiger partial charge in [-0.05, 0) is 73.1 Å². The number of nitrogens with zero attached hydrogens (tertiary/aromatic N) is 1. The van der Waals surface area contributed by atoms with Gasteiger partial charge in [-0.1, -0.05) is 43.4 Å². The van der Waals surface area contributed by atoms with Gasteiger partial charge in [0.2, 0.25) is 0 Å². The fourth-order valence-electron chi connectivity index (χ4n) is 4.26. The Bertz CT molecular complexity index is 960. The van der Waals surface area contributed by atoms with Crippen LogP contribution in [0.25, 0.3) is 5.57 Å². The molecule has 162 valence electrons. The second kappa shape index (κ2) is 10.5. The van der Waals surface area contributed by atoms with E-state index in [0.29, 0.717) is 5.56 Å². The molecule has 0 aromatic heterocycles. The van der Waals surface area contributed by atoms with Gasteiger partial charge < -0.3 is 15.0 Å². The van der Waals surface area contributed by atoms with Crippen LogP contribution in [0.15, 0.2) is 60.7 Å². The molecule has 0 radical (unpaired) electrons. The summed E-state index contributed by atoms with van der Waals surface area (Å²) in [6, 6.07) is 14.2. The Labute approximate surface area is 185 Å². The van der Waals surface area contributed by atoms with Crippen LogP contribution in [0.2, 0.25) is 0 Å². The van der Waals surface area contributed by atoms with Crippen LogP contribution in [0.1, 0.15) is 54.1 Å². The molecule has 0 atom stereocenters. The molecule has 1 aliphatic carbocycles. The third kappa shape index (κ3) is 5.45. The van der Waals surface area contributed by atoms with E-state index >= 15 is 0 Å². The van der Waals surface area contributed by atoms with Crippen molar-refractivity contribution in [2.75, 3.05) is 36.5 Å². The zero-order valence-corrected chi connectivity index (χ0v) is 18.4. The van der Waals surface area contributed by atoms with Crippen LogP contribution >= 0.6 is 0 Å². The summed E-state index contributed by atoms with van der Waals surface area (Å²) in [4.78, 5) is 15.2. The highest BCUT2D eigenvalue weighted by Gasteiger charge is 2.18. The maximum absolute atomic E-state index is 12.8. The number of fused-ring (bicyclic) bond motifs is 1. The zero-order valence-electron chi connectivity index (χ0n) is 18.4. The predicted octanol–water partition coefficient (Wildman–Crippen LogP) is 5.85. The monoisotopic (exact) mass is 416 g/mol. The van der Waals surface area contributed by atoms with Crippen LogP contribution in [0.4, 0.5) is 11.4 Å². The summed E-state index contributed by atoms with van der Waals surface area (Å²) in [7, 11) is 0. The number of anilines is 2. The van der Waals surface area contributed by atoms with Crippen molar-refractivity contribution in [3.63, 3.8) is 0 Å². The van der Waals surface area contributed by atoms with E-state index in [9.17, 15) is 4.79 Å². The first-order valence-electron chi connectivity index (χ1n) is 11.5. The highest BCUT2D eigenvalue weighted by atomic mass is 16.5. The molecule has 1 heterocycles. The molecule has 0 fully saturated rings. The van der Waals surface area contributed by atoms with Crippen molar-refractivity contribution in [3.05, 3.63) is 77.4 Å². The van der Waals surface area contributed by atoms with E-state index in [0.717, 1.165) is 64.1 Å². The lowest BCUT2D eigenvalue weighted by molar-refractivity contribution is 0.102. The SMILES string of the molecule is CCCOCCN1CCCc2ccc(NC(=O)c3ccc(C4=CC=CCC4)cc3)cc21. The number of rotatable bonds is 8. The molecule has 0 saturated heterocycles. The Kier molecular flexibility index (Phi) is 7.21. The number of nitrogens with one attached hydrogen (secondary N) is 1. The van der Waals surface area contributed by atoms with Crippen LogP contribution in [-0.4, -0.2) is 32.2 Å². The first-order valence-corrected chi connectivity index (χ1v) is 11.5. The van der Waals surface area contributed by atoms with E-state index in [4.69, 9.17) is 4.74 Å². The first kappa shape index (κ1) is 21.4. The number of carbonyl (C=O) groups excluding carboxylic acids is 1. The molecule has 4 nitrogen and oxygen atoms in total. The van der Waals surface area contributed by atoms with E-state index in [1.54, 1.807) is 0 Å². The van der Waals surface area contributed by atoms with Crippen LogP contribution in [0, 0.1) is 0 Å². The van der Waals surface area contributed by atoms with Gasteiger partial charge >= 0.3 is 0 Å². The molecule has 2 aromatic rings. The van der Waals surface area contributed by atoms with Gasteiger partial charge in [0.15, 0.2) is 0 Å². The van der Waals surface area contributed by atoms with E-state index in [1.165, 1.54) is 22.4 Å². The molecule has 1 amide bonds. The fraction of sp³-hybridized carbons (Fsp3) is 0.370. The van der Waals surface area contributed by atoms with Crippen molar-refractivity contribution in [2.24, 2.45) is 0 Å². The van der Waals surface area contributed by atoms with Crippen LogP contribution in [0.5, 0.6) is 0 Å². The Balaban J connectivity index is 1.42. The maximum Gasteiger partial charge on any atom is 0.255 e. The molecule has 1 N–H and O–H groups in total. The van der Waals surface area contributed by atoms with E-state index in [-0.39, 0.29) is 5.91 Å².